The van der Waals surface area contributed by atoms with Gasteiger partial charge in [0.2, 0.25) is 0 Å². The number of aromatic nitrogens is 1. The average molecular weight is 326 g/mol. The van der Waals surface area contributed by atoms with Gasteiger partial charge in [-0.2, -0.15) is 11.8 Å². The van der Waals surface area contributed by atoms with E-state index in [1.54, 1.807) is 23.0 Å². The molecular formula is C14H22N4O3S. The van der Waals surface area contributed by atoms with E-state index in [4.69, 9.17) is 4.74 Å². The maximum absolute atomic E-state index is 10.4. The highest BCUT2D eigenvalue weighted by Crippen LogP contribution is 2.20. The quantitative estimate of drug-likeness (QED) is 0.379. The third kappa shape index (κ3) is 7.28. The van der Waals surface area contributed by atoms with E-state index in [9.17, 15) is 10.1 Å². The molecule has 0 saturated heterocycles. The van der Waals surface area contributed by atoms with Gasteiger partial charge in [-0.05, 0) is 19.1 Å². The lowest BCUT2D eigenvalue weighted by Gasteiger charge is -2.19. The third-order valence-corrected chi connectivity index (χ3v) is 3.54. The van der Waals surface area contributed by atoms with Crippen LogP contribution in [0.1, 0.15) is 19.5 Å². The molecule has 1 aromatic rings. The number of nitrogens with one attached hydrogen (secondary N) is 1. The molecule has 0 saturated carbocycles. The molecule has 0 radical (unpaired) electrons. The van der Waals surface area contributed by atoms with E-state index in [2.05, 4.69) is 10.4 Å². The molecule has 22 heavy (non-hydrogen) atoms. The highest BCUT2D eigenvalue weighted by atomic mass is 32.2. The molecule has 0 aromatic carbocycles. The topological polar surface area (TPSA) is 80.5 Å². The van der Waals surface area contributed by atoms with Crippen LogP contribution in [0, 0.1) is 10.1 Å². The minimum Gasteiger partial charge on any atom is -0.492 e. The molecule has 122 valence electrons. The summed E-state index contributed by atoms with van der Waals surface area (Å²) in [4.78, 5) is 14.2. The number of rotatable bonds is 11. The molecule has 0 spiro atoms. The van der Waals surface area contributed by atoms with Crippen LogP contribution in [0.5, 0.6) is 5.75 Å². The van der Waals surface area contributed by atoms with Gasteiger partial charge in [-0.3, -0.25) is 15.1 Å². The summed E-state index contributed by atoms with van der Waals surface area (Å²) >= 11 is 1.71. The van der Waals surface area contributed by atoms with E-state index in [1.165, 1.54) is 6.20 Å². The zero-order valence-electron chi connectivity index (χ0n) is 12.9. The Morgan fingerprint density at radius 3 is 3.05 bits per heavy atom. The predicted octanol–water partition coefficient (Wildman–Crippen LogP) is 2.29. The molecule has 1 rings (SSSR count). The maximum atomic E-state index is 10.4. The van der Waals surface area contributed by atoms with Gasteiger partial charge in [-0.1, -0.05) is 6.92 Å². The molecule has 0 fully saturated rings. The number of nitro groups is 1. The molecule has 0 aliphatic heterocycles. The Kier molecular flexibility index (Phi) is 9.01. The summed E-state index contributed by atoms with van der Waals surface area (Å²) in [5.74, 6) is 2.38. The van der Waals surface area contributed by atoms with Crippen molar-refractivity contribution in [1.29, 1.82) is 0 Å². The fraction of sp³-hybridized carbons (Fsp3) is 0.500. The first kappa shape index (κ1) is 18.2. The molecule has 0 aliphatic rings. The van der Waals surface area contributed by atoms with Gasteiger partial charge in [0, 0.05) is 30.8 Å². The van der Waals surface area contributed by atoms with Crippen molar-refractivity contribution in [2.24, 2.45) is 0 Å². The Labute approximate surface area is 134 Å². The molecule has 0 unspecified atom stereocenters. The Morgan fingerprint density at radius 2 is 2.36 bits per heavy atom. The van der Waals surface area contributed by atoms with Crippen molar-refractivity contribution < 1.29 is 9.66 Å². The first-order chi connectivity index (χ1) is 10.7. The molecule has 8 heteroatoms. The average Bonchev–Trinajstić information content (AvgIpc) is 2.50. The highest BCUT2D eigenvalue weighted by Gasteiger charge is 2.05. The molecule has 1 N–H and O–H groups in total. The van der Waals surface area contributed by atoms with Gasteiger partial charge < -0.3 is 9.75 Å². The number of pyridine rings is 1. The van der Waals surface area contributed by atoms with Crippen LogP contribution >= 0.6 is 11.8 Å². The molecule has 1 heterocycles. The second kappa shape index (κ2) is 10.9. The van der Waals surface area contributed by atoms with Crippen molar-refractivity contribution in [2.75, 3.05) is 25.4 Å². The summed E-state index contributed by atoms with van der Waals surface area (Å²) in [7, 11) is 0. The number of nitrogens with zero attached hydrogens (tertiary/aromatic N) is 3. The van der Waals surface area contributed by atoms with Crippen molar-refractivity contribution in [1.82, 2.24) is 15.4 Å². The summed E-state index contributed by atoms with van der Waals surface area (Å²) in [6.07, 6.45) is 4.12. The van der Waals surface area contributed by atoms with E-state index in [0.29, 0.717) is 19.7 Å². The van der Waals surface area contributed by atoms with Crippen molar-refractivity contribution in [3.8, 4) is 5.75 Å². The summed E-state index contributed by atoms with van der Waals surface area (Å²) in [5.41, 5.74) is 3.98. The SMILES string of the molecule is CCNN(/C=C\[N+](=O)[O-])CCSCc1ncccc1OCC. The van der Waals surface area contributed by atoms with Gasteiger partial charge in [-0.15, -0.1) is 0 Å². The molecule has 1 aromatic heterocycles. The van der Waals surface area contributed by atoms with Crippen molar-refractivity contribution in [3.63, 3.8) is 0 Å². The maximum Gasteiger partial charge on any atom is 0.251 e. The molecule has 0 atom stereocenters. The number of hydrazine groups is 1. The standard InChI is InChI=1S/C14H22N4O3S/c1-3-16-17(8-9-18(19)20)10-11-22-12-13-14(21-4-2)6-5-7-15-13/h5-9,16H,3-4,10-12H2,1-2H3/b9-8-. The third-order valence-electron chi connectivity index (χ3n) is 2.59. The molecule has 0 amide bonds. The smallest absolute Gasteiger partial charge is 0.251 e. The second-order valence-corrected chi connectivity index (χ2v) is 5.33. The van der Waals surface area contributed by atoms with Crippen LogP contribution in [-0.2, 0) is 5.75 Å². The summed E-state index contributed by atoms with van der Waals surface area (Å²) in [5, 5.41) is 12.1. The Balaban J connectivity index is 2.41. The minimum atomic E-state index is -0.472. The Bertz CT molecular complexity index is 485. The summed E-state index contributed by atoms with van der Waals surface area (Å²) in [6, 6.07) is 3.77. The molecule has 0 aliphatic carbocycles. The van der Waals surface area contributed by atoms with Crippen LogP contribution in [0.15, 0.2) is 30.7 Å². The predicted molar refractivity (Wildman–Crippen MR) is 88.1 cm³/mol. The van der Waals surface area contributed by atoms with E-state index < -0.39 is 4.92 Å². The Hall–Kier alpha value is -1.80. The van der Waals surface area contributed by atoms with Gasteiger partial charge in [-0.25, -0.2) is 5.43 Å². The van der Waals surface area contributed by atoms with E-state index in [1.807, 2.05) is 26.0 Å². The van der Waals surface area contributed by atoms with Crippen LogP contribution in [-0.4, -0.2) is 40.4 Å². The minimum absolute atomic E-state index is 0.472. The van der Waals surface area contributed by atoms with Gasteiger partial charge >= 0.3 is 0 Å². The summed E-state index contributed by atoms with van der Waals surface area (Å²) in [6.45, 7) is 5.88. The number of hydrogen-bond donors (Lipinski definition) is 1. The lowest BCUT2D eigenvalue weighted by Crippen LogP contribution is -2.35. The van der Waals surface area contributed by atoms with Crippen LogP contribution in [0.4, 0.5) is 0 Å². The number of ether oxygens (including phenoxy) is 1. The largest absolute Gasteiger partial charge is 0.492 e. The second-order valence-electron chi connectivity index (χ2n) is 4.22. The Morgan fingerprint density at radius 1 is 1.55 bits per heavy atom. The number of hydrogen-bond acceptors (Lipinski definition) is 7. The zero-order chi connectivity index (χ0) is 16.2. The van der Waals surface area contributed by atoms with Crippen molar-refractivity contribution in [2.45, 2.75) is 19.6 Å². The van der Waals surface area contributed by atoms with Crippen molar-refractivity contribution >= 4 is 11.8 Å². The molecule has 0 bridgehead atoms. The van der Waals surface area contributed by atoms with Crippen LogP contribution in [0.2, 0.25) is 0 Å². The van der Waals surface area contributed by atoms with E-state index >= 15 is 0 Å². The fourth-order valence-corrected chi connectivity index (χ4v) is 2.57. The van der Waals surface area contributed by atoms with Gasteiger partial charge in [0.1, 0.15) is 5.75 Å². The van der Waals surface area contributed by atoms with Crippen LogP contribution in [0.3, 0.4) is 0 Å². The highest BCUT2D eigenvalue weighted by molar-refractivity contribution is 7.98. The van der Waals surface area contributed by atoms with Gasteiger partial charge in [0.25, 0.3) is 6.20 Å². The molecular weight excluding hydrogens is 304 g/mol. The van der Waals surface area contributed by atoms with Crippen molar-refractivity contribution in [3.05, 3.63) is 46.5 Å². The monoisotopic (exact) mass is 326 g/mol. The normalized spacial score (nSPS) is 10.8. The summed E-state index contributed by atoms with van der Waals surface area (Å²) < 4.78 is 5.53. The lowest BCUT2D eigenvalue weighted by atomic mass is 10.3. The van der Waals surface area contributed by atoms with Crippen LogP contribution < -0.4 is 10.2 Å². The van der Waals surface area contributed by atoms with Gasteiger partial charge in [0.05, 0.1) is 23.4 Å². The number of thioether (sulfide) groups is 1. The molecule has 7 nitrogen and oxygen atoms in total. The first-order valence-corrected chi connectivity index (χ1v) is 8.29. The fourth-order valence-electron chi connectivity index (χ4n) is 1.69. The lowest BCUT2D eigenvalue weighted by molar-refractivity contribution is -0.403. The van der Waals surface area contributed by atoms with E-state index in [0.717, 1.165) is 29.1 Å². The van der Waals surface area contributed by atoms with E-state index in [-0.39, 0.29) is 0 Å². The van der Waals surface area contributed by atoms with Gasteiger partial charge in [0.15, 0.2) is 0 Å². The zero-order valence-corrected chi connectivity index (χ0v) is 13.7. The first-order valence-electron chi connectivity index (χ1n) is 7.13. The van der Waals surface area contributed by atoms with Crippen LogP contribution in [0.25, 0.3) is 0 Å².